The van der Waals surface area contributed by atoms with Gasteiger partial charge in [-0.2, -0.15) is 26.3 Å². The Morgan fingerprint density at radius 3 is 2.08 bits per heavy atom. The van der Waals surface area contributed by atoms with Crippen LogP contribution in [0.25, 0.3) is 0 Å². The second kappa shape index (κ2) is 12.7. The van der Waals surface area contributed by atoms with Crippen molar-refractivity contribution in [1.82, 2.24) is 19.9 Å². The fraction of sp³-hybridized carbons (Fsp3) is 0.524. The number of nitrogens with one attached hydrogen (secondary N) is 1. The zero-order valence-electron chi connectivity index (χ0n) is 20.0. The minimum absolute atomic E-state index is 0.441. The molecular weight excluding hydrogens is 530 g/mol. The largest absolute Gasteiger partial charge is 0.490 e. The highest BCUT2D eigenvalue weighted by Crippen LogP contribution is 2.42. The van der Waals surface area contributed by atoms with E-state index in [9.17, 15) is 26.3 Å². The molecular formula is C21H24F6N6O5. The average molecular weight is 554 g/mol. The Hall–Kier alpha value is -3.76. The molecule has 1 aliphatic carbocycles. The molecule has 210 valence electrons. The molecule has 3 heterocycles. The van der Waals surface area contributed by atoms with Crippen molar-refractivity contribution < 1.29 is 50.9 Å². The number of carboxylic acids is 2. The summed E-state index contributed by atoms with van der Waals surface area (Å²) in [5, 5.41) is 17.5. The molecule has 0 amide bonds. The van der Waals surface area contributed by atoms with Crippen molar-refractivity contribution in [3.05, 3.63) is 35.4 Å². The van der Waals surface area contributed by atoms with Crippen LogP contribution in [0.2, 0.25) is 0 Å². The lowest BCUT2D eigenvalue weighted by atomic mass is 9.99. The van der Waals surface area contributed by atoms with Crippen LogP contribution in [0.1, 0.15) is 22.7 Å². The number of anilines is 2. The molecule has 11 nitrogen and oxygen atoms in total. The van der Waals surface area contributed by atoms with E-state index in [1.54, 1.807) is 7.11 Å². The number of rotatable bonds is 5. The van der Waals surface area contributed by atoms with Gasteiger partial charge in [0, 0.05) is 51.3 Å². The van der Waals surface area contributed by atoms with E-state index in [2.05, 4.69) is 25.2 Å². The highest BCUT2D eigenvalue weighted by Gasteiger charge is 2.42. The van der Waals surface area contributed by atoms with Gasteiger partial charge < -0.3 is 25.2 Å². The number of aliphatic carboxylic acids is 2. The van der Waals surface area contributed by atoms with Crippen molar-refractivity contribution in [2.24, 2.45) is 5.92 Å². The van der Waals surface area contributed by atoms with Crippen LogP contribution in [0.4, 0.5) is 38.2 Å². The molecule has 2 aromatic heterocycles. The maximum atomic E-state index is 10.6. The summed E-state index contributed by atoms with van der Waals surface area (Å²) in [6.45, 7) is 5.28. The van der Waals surface area contributed by atoms with E-state index in [0.29, 0.717) is 30.9 Å². The summed E-state index contributed by atoms with van der Waals surface area (Å²) in [6, 6.07) is 0. The lowest BCUT2D eigenvalue weighted by molar-refractivity contribution is -0.193. The third-order valence-electron chi connectivity index (χ3n) is 5.30. The Labute approximate surface area is 211 Å². The van der Waals surface area contributed by atoms with Crippen molar-refractivity contribution in [3.8, 4) is 0 Å². The molecule has 38 heavy (non-hydrogen) atoms. The number of aryl methyl sites for hydroxylation is 1. The van der Waals surface area contributed by atoms with Gasteiger partial charge in [0.25, 0.3) is 0 Å². The lowest BCUT2D eigenvalue weighted by Crippen LogP contribution is -2.23. The van der Waals surface area contributed by atoms with Gasteiger partial charge in [0.1, 0.15) is 0 Å². The summed E-state index contributed by atoms with van der Waals surface area (Å²) in [7, 11) is 1.69. The van der Waals surface area contributed by atoms with Gasteiger partial charge in [0.05, 0.1) is 12.3 Å². The molecule has 1 aliphatic heterocycles. The van der Waals surface area contributed by atoms with Gasteiger partial charge in [-0.3, -0.25) is 0 Å². The van der Waals surface area contributed by atoms with Crippen LogP contribution >= 0.6 is 0 Å². The normalized spacial score (nSPS) is 17.8. The minimum Gasteiger partial charge on any atom is -0.475 e. The fourth-order valence-corrected chi connectivity index (χ4v) is 3.63. The zero-order valence-corrected chi connectivity index (χ0v) is 20.0. The SMILES string of the molecule is COCCNc1ncc2c(n1)C1CN(c3ncc(C)cn3)CC1C2.O=C(O)C(F)(F)F.O=C(O)C(F)(F)F. The molecule has 0 saturated carbocycles. The smallest absolute Gasteiger partial charge is 0.475 e. The number of methoxy groups -OCH3 is 1. The van der Waals surface area contributed by atoms with E-state index in [1.165, 1.54) is 11.3 Å². The highest BCUT2D eigenvalue weighted by atomic mass is 19.4. The number of fused-ring (bicyclic) bond motifs is 3. The second-order valence-corrected chi connectivity index (χ2v) is 8.17. The summed E-state index contributed by atoms with van der Waals surface area (Å²) in [6.07, 6.45) is -3.39. The maximum Gasteiger partial charge on any atom is 0.490 e. The summed E-state index contributed by atoms with van der Waals surface area (Å²) in [5.74, 6) is -2.98. The number of ether oxygens (including phenoxy) is 1. The average Bonchev–Trinajstić information content (AvgIpc) is 3.37. The number of alkyl halides is 6. The topological polar surface area (TPSA) is 151 Å². The van der Waals surface area contributed by atoms with Crippen LogP contribution in [-0.4, -0.2) is 87.8 Å². The number of halogens is 6. The van der Waals surface area contributed by atoms with Gasteiger partial charge in [-0.15, -0.1) is 0 Å². The summed E-state index contributed by atoms with van der Waals surface area (Å²) >= 11 is 0. The first-order chi connectivity index (χ1) is 17.6. The Kier molecular flexibility index (Phi) is 10.1. The molecule has 2 aromatic rings. The number of carboxylic acid groups (broad SMARTS) is 2. The third kappa shape index (κ3) is 8.67. The Morgan fingerprint density at radius 1 is 1.03 bits per heavy atom. The summed E-state index contributed by atoms with van der Waals surface area (Å²) < 4.78 is 68.5. The van der Waals surface area contributed by atoms with Crippen molar-refractivity contribution in [2.75, 3.05) is 43.6 Å². The van der Waals surface area contributed by atoms with Crippen LogP contribution in [-0.2, 0) is 20.7 Å². The molecule has 4 rings (SSSR count). The van der Waals surface area contributed by atoms with E-state index in [0.717, 1.165) is 31.0 Å². The molecule has 17 heteroatoms. The number of hydrogen-bond donors (Lipinski definition) is 3. The predicted octanol–water partition coefficient (Wildman–Crippen LogP) is 2.68. The molecule has 0 bridgehead atoms. The van der Waals surface area contributed by atoms with Crippen LogP contribution in [0.5, 0.6) is 0 Å². The Balaban J connectivity index is 0.000000301. The first-order valence-corrected chi connectivity index (χ1v) is 10.9. The zero-order chi connectivity index (χ0) is 28.7. The molecule has 1 saturated heterocycles. The van der Waals surface area contributed by atoms with Crippen LogP contribution in [0, 0.1) is 12.8 Å². The number of aromatic nitrogens is 4. The van der Waals surface area contributed by atoms with Crippen molar-refractivity contribution in [1.29, 1.82) is 0 Å². The van der Waals surface area contributed by atoms with Crippen molar-refractivity contribution in [2.45, 2.75) is 31.6 Å². The number of carbonyl (C=O) groups is 2. The van der Waals surface area contributed by atoms with Gasteiger partial charge >= 0.3 is 24.3 Å². The van der Waals surface area contributed by atoms with Crippen molar-refractivity contribution >= 4 is 23.8 Å². The summed E-state index contributed by atoms with van der Waals surface area (Å²) in [5.41, 5.74) is 3.55. The maximum absolute atomic E-state index is 10.6. The van der Waals surface area contributed by atoms with E-state index in [4.69, 9.17) is 29.5 Å². The molecule has 0 spiro atoms. The highest BCUT2D eigenvalue weighted by molar-refractivity contribution is 5.73. The van der Waals surface area contributed by atoms with Gasteiger partial charge in [0.15, 0.2) is 0 Å². The quantitative estimate of drug-likeness (QED) is 0.370. The molecule has 3 N–H and O–H groups in total. The van der Waals surface area contributed by atoms with Crippen LogP contribution in [0.15, 0.2) is 18.6 Å². The van der Waals surface area contributed by atoms with Gasteiger partial charge in [-0.05, 0) is 30.4 Å². The summed E-state index contributed by atoms with van der Waals surface area (Å²) in [4.78, 5) is 38.2. The number of nitrogens with zero attached hydrogens (tertiary/aromatic N) is 5. The van der Waals surface area contributed by atoms with Crippen molar-refractivity contribution in [3.63, 3.8) is 0 Å². The fourth-order valence-electron chi connectivity index (χ4n) is 3.63. The predicted molar refractivity (Wildman–Crippen MR) is 119 cm³/mol. The molecule has 2 atom stereocenters. The van der Waals surface area contributed by atoms with Crippen LogP contribution < -0.4 is 10.2 Å². The van der Waals surface area contributed by atoms with E-state index in [1.807, 2.05) is 25.5 Å². The molecule has 0 aromatic carbocycles. The van der Waals surface area contributed by atoms with Gasteiger partial charge in [-0.25, -0.2) is 29.5 Å². The third-order valence-corrected chi connectivity index (χ3v) is 5.30. The Morgan fingerprint density at radius 2 is 1.58 bits per heavy atom. The van der Waals surface area contributed by atoms with Gasteiger partial charge in [-0.1, -0.05) is 0 Å². The van der Waals surface area contributed by atoms with Crippen LogP contribution in [0.3, 0.4) is 0 Å². The minimum atomic E-state index is -5.08. The standard InChI is InChI=1S/C17H22N6O.2C2HF3O2/c1-11-6-20-17(21-7-11)23-9-13-5-12-8-19-16(18-3-4-24-2)22-15(12)14(13)10-23;2*3-2(4,5)1(6)7/h6-8,13-14H,3-5,9-10H2,1-2H3,(H,18,19,22);2*(H,6,7). The number of hydrogen-bond acceptors (Lipinski definition) is 9. The second-order valence-electron chi connectivity index (χ2n) is 8.17. The monoisotopic (exact) mass is 554 g/mol. The molecule has 2 unspecified atom stereocenters. The molecule has 0 radical (unpaired) electrons. The van der Waals surface area contributed by atoms with Gasteiger partial charge in [0.2, 0.25) is 11.9 Å². The molecule has 2 aliphatic rings. The first kappa shape index (κ1) is 30.5. The first-order valence-electron chi connectivity index (χ1n) is 10.9. The van der Waals surface area contributed by atoms with E-state index in [-0.39, 0.29) is 0 Å². The lowest BCUT2D eigenvalue weighted by Gasteiger charge is -2.17. The van der Waals surface area contributed by atoms with E-state index >= 15 is 0 Å². The Bertz CT molecular complexity index is 1080. The molecule has 1 fully saturated rings. The van der Waals surface area contributed by atoms with E-state index < -0.39 is 24.3 Å².